The van der Waals surface area contributed by atoms with Gasteiger partial charge in [-0.25, -0.2) is 4.98 Å². The monoisotopic (exact) mass is 327 g/mol. The van der Waals surface area contributed by atoms with Crippen LogP contribution in [0.2, 0.25) is 5.15 Å². The fraction of sp³-hybridized carbons (Fsp3) is 0.133. The first-order valence-electron chi connectivity index (χ1n) is 6.25. The molecule has 1 N–H and O–H groups in total. The van der Waals surface area contributed by atoms with E-state index in [0.717, 1.165) is 12.1 Å². The van der Waals surface area contributed by atoms with Crippen LogP contribution in [0, 0.1) is 0 Å². The van der Waals surface area contributed by atoms with Crippen molar-refractivity contribution >= 4 is 22.6 Å². The van der Waals surface area contributed by atoms with Gasteiger partial charge in [0, 0.05) is 6.20 Å². The molecule has 0 fully saturated rings. The van der Waals surface area contributed by atoms with Gasteiger partial charge in [-0.3, -0.25) is 0 Å². The van der Waals surface area contributed by atoms with Gasteiger partial charge >= 0.3 is 6.18 Å². The average Bonchev–Trinajstić information content (AvgIpc) is 2.91. The van der Waals surface area contributed by atoms with Crippen molar-refractivity contribution in [2.24, 2.45) is 0 Å². The fourth-order valence-electron chi connectivity index (χ4n) is 2.13. The van der Waals surface area contributed by atoms with Gasteiger partial charge in [0.25, 0.3) is 0 Å². The summed E-state index contributed by atoms with van der Waals surface area (Å²) in [5.41, 5.74) is -0.348. The molecule has 3 aromatic rings. The van der Waals surface area contributed by atoms with Crippen molar-refractivity contribution in [2.75, 3.05) is 0 Å². The maximum atomic E-state index is 12.7. The van der Waals surface area contributed by atoms with Gasteiger partial charge in [-0.2, -0.15) is 13.2 Å². The van der Waals surface area contributed by atoms with Crippen LogP contribution in [0.5, 0.6) is 0 Å². The molecule has 1 atom stereocenters. The van der Waals surface area contributed by atoms with Crippen molar-refractivity contribution in [3.63, 3.8) is 0 Å². The molecule has 1 aromatic carbocycles. The van der Waals surface area contributed by atoms with E-state index in [1.807, 2.05) is 0 Å². The minimum Gasteiger partial charge on any atom is -0.458 e. The summed E-state index contributed by atoms with van der Waals surface area (Å²) in [6.45, 7) is 0. The molecule has 0 aliphatic heterocycles. The molecule has 114 valence electrons. The molecule has 0 aliphatic carbocycles. The predicted octanol–water partition coefficient (Wildman–Crippen LogP) is 4.58. The molecule has 2 aromatic heterocycles. The summed E-state index contributed by atoms with van der Waals surface area (Å²) >= 11 is 5.90. The molecule has 0 bridgehead atoms. The molecule has 0 amide bonds. The van der Waals surface area contributed by atoms with Crippen LogP contribution < -0.4 is 0 Å². The summed E-state index contributed by atoms with van der Waals surface area (Å²) in [6, 6.07) is 7.48. The lowest BCUT2D eigenvalue weighted by Gasteiger charge is -2.11. The molecule has 1 unspecified atom stereocenters. The highest BCUT2D eigenvalue weighted by Gasteiger charge is 2.31. The SMILES string of the molecule is OC(c1cccc(C(F)(F)F)c1)c1cc2c(Cl)nccc2o1. The molecule has 2 heterocycles. The van der Waals surface area contributed by atoms with Crippen molar-refractivity contribution in [3.05, 3.63) is 64.6 Å². The van der Waals surface area contributed by atoms with Crippen LogP contribution in [0.15, 0.2) is 47.0 Å². The molecular formula is C15H9ClF3NO2. The molecule has 0 saturated heterocycles. The van der Waals surface area contributed by atoms with E-state index in [9.17, 15) is 18.3 Å². The van der Waals surface area contributed by atoms with E-state index in [2.05, 4.69) is 4.98 Å². The first-order valence-corrected chi connectivity index (χ1v) is 6.63. The second-order valence-electron chi connectivity index (χ2n) is 4.69. The van der Waals surface area contributed by atoms with Crippen LogP contribution >= 0.6 is 11.6 Å². The third-order valence-corrected chi connectivity index (χ3v) is 3.52. The van der Waals surface area contributed by atoms with Gasteiger partial charge in [0.15, 0.2) is 0 Å². The summed E-state index contributed by atoms with van der Waals surface area (Å²) < 4.78 is 43.6. The lowest BCUT2D eigenvalue weighted by Crippen LogP contribution is -2.07. The fourth-order valence-corrected chi connectivity index (χ4v) is 2.34. The number of halogens is 4. The Morgan fingerprint density at radius 1 is 1.18 bits per heavy atom. The van der Waals surface area contributed by atoms with Gasteiger partial charge in [-0.05, 0) is 29.8 Å². The van der Waals surface area contributed by atoms with E-state index in [1.54, 1.807) is 6.07 Å². The molecule has 0 saturated carbocycles. The van der Waals surface area contributed by atoms with Crippen molar-refractivity contribution < 1.29 is 22.7 Å². The van der Waals surface area contributed by atoms with Gasteiger partial charge in [0.1, 0.15) is 22.6 Å². The van der Waals surface area contributed by atoms with Crippen LogP contribution in [0.1, 0.15) is 23.0 Å². The predicted molar refractivity (Wildman–Crippen MR) is 74.5 cm³/mol. The number of furan rings is 1. The first kappa shape index (κ1) is 14.9. The van der Waals surface area contributed by atoms with Crippen LogP contribution in [-0.4, -0.2) is 10.1 Å². The van der Waals surface area contributed by atoms with E-state index >= 15 is 0 Å². The second-order valence-corrected chi connectivity index (χ2v) is 5.05. The molecule has 0 spiro atoms. The molecule has 7 heteroatoms. The Balaban J connectivity index is 2.02. The zero-order chi connectivity index (χ0) is 15.9. The summed E-state index contributed by atoms with van der Waals surface area (Å²) in [7, 11) is 0. The maximum Gasteiger partial charge on any atom is 0.416 e. The van der Waals surface area contributed by atoms with Crippen LogP contribution in [-0.2, 0) is 6.18 Å². The number of alkyl halides is 3. The van der Waals surface area contributed by atoms with Gasteiger partial charge < -0.3 is 9.52 Å². The standard InChI is InChI=1S/C15H9ClF3NO2/c16-14-10-7-12(22-11(10)4-5-20-14)13(21)8-2-1-3-9(6-8)15(17,18)19/h1-7,13,21H. The number of fused-ring (bicyclic) bond motifs is 1. The number of benzene rings is 1. The second kappa shape index (κ2) is 5.30. The quantitative estimate of drug-likeness (QED) is 0.701. The minimum absolute atomic E-state index is 0.0814. The van der Waals surface area contributed by atoms with Gasteiger partial charge in [-0.1, -0.05) is 23.7 Å². The highest BCUT2D eigenvalue weighted by Crippen LogP contribution is 2.34. The highest BCUT2D eigenvalue weighted by atomic mass is 35.5. The van der Waals surface area contributed by atoms with Crippen molar-refractivity contribution in [1.29, 1.82) is 0 Å². The van der Waals surface area contributed by atoms with E-state index < -0.39 is 17.8 Å². The lowest BCUT2D eigenvalue weighted by molar-refractivity contribution is -0.137. The number of aliphatic hydroxyl groups is 1. The average molecular weight is 328 g/mol. The largest absolute Gasteiger partial charge is 0.458 e. The van der Waals surface area contributed by atoms with Crippen LogP contribution in [0.3, 0.4) is 0 Å². The summed E-state index contributed by atoms with van der Waals surface area (Å²) in [4.78, 5) is 3.87. The Labute approximate surface area is 128 Å². The third kappa shape index (κ3) is 2.67. The zero-order valence-electron chi connectivity index (χ0n) is 10.9. The van der Waals surface area contributed by atoms with Gasteiger partial charge in [0.2, 0.25) is 0 Å². The van der Waals surface area contributed by atoms with E-state index in [0.29, 0.717) is 11.0 Å². The lowest BCUT2D eigenvalue weighted by atomic mass is 10.0. The van der Waals surface area contributed by atoms with Gasteiger partial charge in [0.05, 0.1) is 10.9 Å². The molecular weight excluding hydrogens is 319 g/mol. The molecule has 0 aliphatic rings. The molecule has 22 heavy (non-hydrogen) atoms. The highest BCUT2D eigenvalue weighted by molar-refractivity contribution is 6.34. The number of aromatic nitrogens is 1. The number of nitrogens with zero attached hydrogens (tertiary/aromatic N) is 1. The Kier molecular flexibility index (Phi) is 3.58. The summed E-state index contributed by atoms with van der Waals surface area (Å²) in [6.07, 6.45) is -4.36. The maximum absolute atomic E-state index is 12.7. The normalized spacial score (nSPS) is 13.5. The Bertz CT molecular complexity index is 829. The number of rotatable bonds is 2. The number of pyridine rings is 1. The molecule has 3 nitrogen and oxygen atoms in total. The first-order chi connectivity index (χ1) is 10.4. The van der Waals surface area contributed by atoms with E-state index in [-0.39, 0.29) is 16.5 Å². The van der Waals surface area contributed by atoms with Crippen molar-refractivity contribution in [1.82, 2.24) is 4.98 Å². The Hall–Kier alpha value is -2.05. The molecule has 3 rings (SSSR count). The molecule has 0 radical (unpaired) electrons. The van der Waals surface area contributed by atoms with Crippen molar-refractivity contribution in [3.8, 4) is 0 Å². The van der Waals surface area contributed by atoms with Gasteiger partial charge in [-0.15, -0.1) is 0 Å². The summed E-state index contributed by atoms with van der Waals surface area (Å²) in [5.74, 6) is 0.101. The Morgan fingerprint density at radius 2 is 1.95 bits per heavy atom. The number of hydrogen-bond donors (Lipinski definition) is 1. The smallest absolute Gasteiger partial charge is 0.416 e. The van der Waals surface area contributed by atoms with Crippen LogP contribution in [0.4, 0.5) is 13.2 Å². The zero-order valence-corrected chi connectivity index (χ0v) is 11.7. The Morgan fingerprint density at radius 3 is 2.64 bits per heavy atom. The third-order valence-electron chi connectivity index (χ3n) is 3.22. The van der Waals surface area contributed by atoms with Crippen molar-refractivity contribution in [2.45, 2.75) is 12.3 Å². The van der Waals surface area contributed by atoms with Crippen LogP contribution in [0.25, 0.3) is 11.0 Å². The number of aliphatic hydroxyl groups excluding tert-OH is 1. The van der Waals surface area contributed by atoms with E-state index in [4.69, 9.17) is 16.0 Å². The topological polar surface area (TPSA) is 46.3 Å². The summed E-state index contributed by atoms with van der Waals surface area (Å²) in [5, 5.41) is 10.9. The minimum atomic E-state index is -4.48. The number of hydrogen-bond acceptors (Lipinski definition) is 3. The van der Waals surface area contributed by atoms with E-state index in [1.165, 1.54) is 24.4 Å².